The highest BCUT2D eigenvalue weighted by Gasteiger charge is 2.18. The first-order chi connectivity index (χ1) is 5.67. The Balaban J connectivity index is 4.30. The Morgan fingerprint density at radius 1 is 1.33 bits per heavy atom. The van der Waals surface area contributed by atoms with Crippen molar-refractivity contribution in [3.05, 3.63) is 0 Å². The number of hydrogen-bond donors (Lipinski definition) is 0. The van der Waals surface area contributed by atoms with Crippen molar-refractivity contribution in [2.45, 2.75) is 39.3 Å². The van der Waals surface area contributed by atoms with Crippen molar-refractivity contribution in [3.8, 4) is 12.1 Å². The lowest BCUT2D eigenvalue weighted by molar-refractivity contribution is 0.206. The fourth-order valence-electron chi connectivity index (χ4n) is 1.13. The lowest BCUT2D eigenvalue weighted by Gasteiger charge is -2.27. The molecule has 0 aromatic heterocycles. The van der Waals surface area contributed by atoms with Gasteiger partial charge in [0.2, 0.25) is 0 Å². The minimum atomic E-state index is -0.121. The molecular formula is C9H15N3. The molecule has 3 heteroatoms. The van der Waals surface area contributed by atoms with Gasteiger partial charge in [-0.3, -0.25) is 4.90 Å². The third-order valence-corrected chi connectivity index (χ3v) is 1.85. The summed E-state index contributed by atoms with van der Waals surface area (Å²) >= 11 is 0. The molecular weight excluding hydrogens is 150 g/mol. The second kappa shape index (κ2) is 5.57. The van der Waals surface area contributed by atoms with Gasteiger partial charge in [-0.2, -0.15) is 10.5 Å². The Bertz CT molecular complexity index is 197. The highest BCUT2D eigenvalue weighted by atomic mass is 15.2. The lowest BCUT2D eigenvalue weighted by atomic mass is 10.1. The van der Waals surface area contributed by atoms with Gasteiger partial charge in [0.15, 0.2) is 0 Å². The van der Waals surface area contributed by atoms with Crippen LogP contribution in [0.25, 0.3) is 0 Å². The molecule has 0 radical (unpaired) electrons. The first-order valence-electron chi connectivity index (χ1n) is 4.19. The molecule has 0 spiro atoms. The largest absolute Gasteiger partial charge is 0.272 e. The van der Waals surface area contributed by atoms with Crippen molar-refractivity contribution in [2.75, 3.05) is 6.54 Å². The zero-order chi connectivity index (χ0) is 9.56. The fraction of sp³-hybridized carbons (Fsp3) is 0.778. The summed E-state index contributed by atoms with van der Waals surface area (Å²) < 4.78 is 0. The maximum Gasteiger partial charge on any atom is 0.0985 e. The van der Waals surface area contributed by atoms with Gasteiger partial charge in [-0.1, -0.05) is 6.92 Å². The standard InChI is InChI=1S/C9H15N3/c1-4-9(7-11)12(6-5-10)8(2)3/h8-9H,4,6H2,1-3H3. The maximum atomic E-state index is 8.77. The molecule has 3 nitrogen and oxygen atoms in total. The first kappa shape index (κ1) is 10.9. The first-order valence-corrected chi connectivity index (χ1v) is 4.19. The fourth-order valence-corrected chi connectivity index (χ4v) is 1.13. The van der Waals surface area contributed by atoms with E-state index >= 15 is 0 Å². The minimum Gasteiger partial charge on any atom is -0.272 e. The predicted molar refractivity (Wildman–Crippen MR) is 47.1 cm³/mol. The predicted octanol–water partition coefficient (Wildman–Crippen LogP) is 1.52. The van der Waals surface area contributed by atoms with E-state index in [0.29, 0.717) is 6.54 Å². The summed E-state index contributed by atoms with van der Waals surface area (Å²) in [5.41, 5.74) is 0. The van der Waals surface area contributed by atoms with Gasteiger partial charge in [-0.25, -0.2) is 0 Å². The Morgan fingerprint density at radius 3 is 2.17 bits per heavy atom. The van der Waals surface area contributed by atoms with Gasteiger partial charge in [0.25, 0.3) is 0 Å². The van der Waals surface area contributed by atoms with Crippen LogP contribution in [0.4, 0.5) is 0 Å². The van der Waals surface area contributed by atoms with Crippen LogP contribution in [-0.2, 0) is 0 Å². The van der Waals surface area contributed by atoms with E-state index in [0.717, 1.165) is 6.42 Å². The second-order valence-electron chi connectivity index (χ2n) is 2.98. The summed E-state index contributed by atoms with van der Waals surface area (Å²) in [7, 11) is 0. The van der Waals surface area contributed by atoms with E-state index in [1.54, 1.807) is 0 Å². The average molecular weight is 165 g/mol. The van der Waals surface area contributed by atoms with Crippen LogP contribution in [0.3, 0.4) is 0 Å². The van der Waals surface area contributed by atoms with E-state index < -0.39 is 0 Å². The SMILES string of the molecule is CCC(C#N)N(CC#N)C(C)C. The molecule has 1 atom stereocenters. The smallest absolute Gasteiger partial charge is 0.0985 e. The van der Waals surface area contributed by atoms with E-state index in [1.165, 1.54) is 0 Å². The molecule has 0 saturated heterocycles. The lowest BCUT2D eigenvalue weighted by Crippen LogP contribution is -2.39. The molecule has 66 valence electrons. The van der Waals surface area contributed by atoms with Crippen molar-refractivity contribution >= 4 is 0 Å². The van der Waals surface area contributed by atoms with E-state index in [9.17, 15) is 0 Å². The van der Waals surface area contributed by atoms with Crippen LogP contribution in [0, 0.1) is 22.7 Å². The summed E-state index contributed by atoms with van der Waals surface area (Å²) in [6, 6.07) is 4.40. The molecule has 0 aromatic carbocycles. The van der Waals surface area contributed by atoms with Crippen LogP contribution in [-0.4, -0.2) is 23.5 Å². The Hall–Kier alpha value is -1.06. The van der Waals surface area contributed by atoms with Crippen LogP contribution in [0.1, 0.15) is 27.2 Å². The highest BCUT2D eigenvalue weighted by molar-refractivity contribution is 4.95. The number of nitrogens with zero attached hydrogens (tertiary/aromatic N) is 3. The zero-order valence-corrected chi connectivity index (χ0v) is 7.91. The molecule has 0 heterocycles. The van der Waals surface area contributed by atoms with Crippen LogP contribution < -0.4 is 0 Å². The quantitative estimate of drug-likeness (QED) is 0.593. The molecule has 0 aliphatic carbocycles. The molecule has 0 N–H and O–H groups in total. The molecule has 0 amide bonds. The van der Waals surface area contributed by atoms with Crippen molar-refractivity contribution in [1.29, 1.82) is 10.5 Å². The number of rotatable bonds is 4. The summed E-state index contributed by atoms with van der Waals surface area (Å²) in [6.07, 6.45) is 0.774. The molecule has 0 aromatic rings. The van der Waals surface area contributed by atoms with Gasteiger partial charge in [-0.15, -0.1) is 0 Å². The third-order valence-electron chi connectivity index (χ3n) is 1.85. The van der Waals surface area contributed by atoms with Crippen molar-refractivity contribution in [3.63, 3.8) is 0 Å². The summed E-state index contributed by atoms with van der Waals surface area (Å²) in [6.45, 7) is 6.29. The molecule has 0 rings (SSSR count). The molecule has 0 bridgehead atoms. The average Bonchev–Trinajstić information content (AvgIpc) is 2.05. The number of nitriles is 2. The van der Waals surface area contributed by atoms with E-state index in [2.05, 4.69) is 12.1 Å². The van der Waals surface area contributed by atoms with Gasteiger partial charge < -0.3 is 0 Å². The van der Waals surface area contributed by atoms with Gasteiger partial charge in [0, 0.05) is 6.04 Å². The molecule has 0 saturated carbocycles. The van der Waals surface area contributed by atoms with Crippen molar-refractivity contribution in [2.24, 2.45) is 0 Å². The van der Waals surface area contributed by atoms with E-state index in [4.69, 9.17) is 10.5 Å². The van der Waals surface area contributed by atoms with Gasteiger partial charge in [0.1, 0.15) is 0 Å². The van der Waals surface area contributed by atoms with Gasteiger partial charge in [0.05, 0.1) is 24.7 Å². The molecule has 12 heavy (non-hydrogen) atoms. The van der Waals surface area contributed by atoms with Crippen LogP contribution in [0.15, 0.2) is 0 Å². The maximum absolute atomic E-state index is 8.77. The van der Waals surface area contributed by atoms with Crippen molar-refractivity contribution in [1.82, 2.24) is 4.90 Å². The molecule has 0 aliphatic rings. The topological polar surface area (TPSA) is 50.8 Å². The Labute approximate surface area is 74.2 Å². The van der Waals surface area contributed by atoms with Gasteiger partial charge in [-0.05, 0) is 20.3 Å². The van der Waals surface area contributed by atoms with Gasteiger partial charge >= 0.3 is 0 Å². The molecule has 1 unspecified atom stereocenters. The summed E-state index contributed by atoms with van der Waals surface area (Å²) in [5, 5.41) is 17.3. The minimum absolute atomic E-state index is 0.121. The summed E-state index contributed by atoms with van der Waals surface area (Å²) in [5.74, 6) is 0. The van der Waals surface area contributed by atoms with Crippen LogP contribution in [0.2, 0.25) is 0 Å². The number of hydrogen-bond acceptors (Lipinski definition) is 3. The molecule has 0 aliphatic heterocycles. The Morgan fingerprint density at radius 2 is 1.92 bits per heavy atom. The third kappa shape index (κ3) is 2.90. The van der Waals surface area contributed by atoms with E-state index in [-0.39, 0.29) is 12.1 Å². The monoisotopic (exact) mass is 165 g/mol. The summed E-state index contributed by atoms with van der Waals surface area (Å²) in [4.78, 5) is 1.90. The van der Waals surface area contributed by atoms with Crippen LogP contribution in [0.5, 0.6) is 0 Å². The zero-order valence-electron chi connectivity index (χ0n) is 7.91. The van der Waals surface area contributed by atoms with Crippen molar-refractivity contribution < 1.29 is 0 Å². The Kier molecular flexibility index (Phi) is 5.08. The van der Waals surface area contributed by atoms with Crippen LogP contribution >= 0.6 is 0 Å². The normalized spacial score (nSPS) is 12.6. The molecule has 0 fully saturated rings. The highest BCUT2D eigenvalue weighted by Crippen LogP contribution is 2.07. The second-order valence-corrected chi connectivity index (χ2v) is 2.98. The van der Waals surface area contributed by atoms with E-state index in [1.807, 2.05) is 25.7 Å².